The first-order valence-corrected chi connectivity index (χ1v) is 11.4. The highest BCUT2D eigenvalue weighted by molar-refractivity contribution is 5.96. The highest BCUT2D eigenvalue weighted by Crippen LogP contribution is 2.23. The van der Waals surface area contributed by atoms with Crippen molar-refractivity contribution in [3.05, 3.63) is 95.7 Å². The van der Waals surface area contributed by atoms with Gasteiger partial charge >= 0.3 is 0 Å². The third-order valence-corrected chi connectivity index (χ3v) is 6.00. The zero-order chi connectivity index (χ0) is 23.7. The minimum Gasteiger partial charge on any atom is -0.486 e. The van der Waals surface area contributed by atoms with E-state index in [9.17, 15) is 4.79 Å². The lowest BCUT2D eigenvalue weighted by atomic mass is 10.1. The van der Waals surface area contributed by atoms with E-state index in [-0.39, 0.29) is 12.5 Å². The fourth-order valence-corrected chi connectivity index (χ4v) is 4.28. The summed E-state index contributed by atoms with van der Waals surface area (Å²) >= 11 is 0. The summed E-state index contributed by atoms with van der Waals surface area (Å²) in [6.07, 6.45) is 3.92. The van der Waals surface area contributed by atoms with E-state index in [0.29, 0.717) is 17.9 Å². The van der Waals surface area contributed by atoms with E-state index in [1.54, 1.807) is 18.0 Å². The molecule has 0 unspecified atom stereocenters. The van der Waals surface area contributed by atoms with Crippen molar-refractivity contribution in [3.63, 3.8) is 0 Å². The highest BCUT2D eigenvalue weighted by Gasteiger charge is 2.20. The van der Waals surface area contributed by atoms with Crippen molar-refractivity contribution >= 4 is 22.6 Å². The zero-order valence-corrected chi connectivity index (χ0v) is 19.6. The van der Waals surface area contributed by atoms with Crippen LogP contribution in [0.3, 0.4) is 0 Å². The molecule has 0 saturated carbocycles. The molecule has 7 nitrogen and oxygen atoms in total. The molecule has 172 valence electrons. The molecule has 0 radical (unpaired) electrons. The minimum atomic E-state index is -0.115. The number of hydrogen-bond acceptors (Lipinski definition) is 4. The van der Waals surface area contributed by atoms with Gasteiger partial charge in [0.2, 0.25) is 0 Å². The number of rotatable bonds is 7. The Morgan fingerprint density at radius 2 is 1.82 bits per heavy atom. The average molecular weight is 454 g/mol. The molecule has 7 heteroatoms. The maximum Gasteiger partial charge on any atom is 0.257 e. The summed E-state index contributed by atoms with van der Waals surface area (Å²) in [5.74, 6) is 1.28. The highest BCUT2D eigenvalue weighted by atomic mass is 16.5. The van der Waals surface area contributed by atoms with Crippen LogP contribution >= 0.6 is 0 Å². The molecule has 0 spiro atoms. The Morgan fingerprint density at radius 1 is 1.03 bits per heavy atom. The smallest absolute Gasteiger partial charge is 0.257 e. The van der Waals surface area contributed by atoms with Crippen LogP contribution in [-0.4, -0.2) is 36.8 Å². The van der Waals surface area contributed by atoms with E-state index in [1.807, 2.05) is 72.2 Å². The number of aromatic nitrogens is 4. The van der Waals surface area contributed by atoms with Crippen molar-refractivity contribution in [2.45, 2.75) is 33.5 Å². The van der Waals surface area contributed by atoms with Crippen LogP contribution in [0.5, 0.6) is 5.75 Å². The van der Waals surface area contributed by atoms with Crippen LogP contribution in [0.15, 0.2) is 73.1 Å². The van der Waals surface area contributed by atoms with Crippen molar-refractivity contribution in [2.24, 2.45) is 0 Å². The molecule has 0 N–H and O–H groups in total. The molecule has 2 aromatic carbocycles. The Hall–Kier alpha value is -4.13. The molecule has 0 aliphatic rings. The molecule has 0 aliphatic carbocycles. The fourth-order valence-electron chi connectivity index (χ4n) is 4.28. The lowest BCUT2D eigenvalue weighted by molar-refractivity contribution is 0.0775. The van der Waals surface area contributed by atoms with Crippen molar-refractivity contribution < 1.29 is 9.53 Å². The number of imidazole rings is 2. The van der Waals surface area contributed by atoms with Crippen molar-refractivity contribution in [1.82, 2.24) is 23.8 Å². The first kappa shape index (κ1) is 21.7. The monoisotopic (exact) mass is 453 g/mol. The zero-order valence-electron chi connectivity index (χ0n) is 19.6. The second kappa shape index (κ2) is 9.02. The summed E-state index contributed by atoms with van der Waals surface area (Å²) in [6, 6.07) is 19.4. The molecule has 0 bridgehead atoms. The third-order valence-electron chi connectivity index (χ3n) is 6.00. The van der Waals surface area contributed by atoms with Crippen LogP contribution in [0, 0.1) is 6.92 Å². The minimum absolute atomic E-state index is 0.115. The molecule has 3 heterocycles. The lowest BCUT2D eigenvalue weighted by Crippen LogP contribution is -2.28. The summed E-state index contributed by atoms with van der Waals surface area (Å²) in [7, 11) is 1.79. The molecule has 3 aromatic heterocycles. The Morgan fingerprint density at radius 3 is 2.65 bits per heavy atom. The second-order valence-corrected chi connectivity index (χ2v) is 8.36. The van der Waals surface area contributed by atoms with Gasteiger partial charge in [0.05, 0.1) is 28.8 Å². The number of para-hydroxylation sites is 3. The van der Waals surface area contributed by atoms with Gasteiger partial charge in [0.25, 0.3) is 5.91 Å². The first-order chi connectivity index (χ1) is 16.5. The molecular formula is C27H27N5O2. The van der Waals surface area contributed by atoms with Gasteiger partial charge in [-0.05, 0) is 49.7 Å². The number of hydrogen-bond donors (Lipinski definition) is 0. The largest absolute Gasteiger partial charge is 0.486 e. The van der Waals surface area contributed by atoms with Gasteiger partial charge in [-0.15, -0.1) is 0 Å². The van der Waals surface area contributed by atoms with Crippen molar-refractivity contribution in [2.75, 3.05) is 7.05 Å². The molecule has 5 aromatic rings. The standard InChI is InChI=1S/C27H27N5O2/c1-4-32-23-13-7-6-12-22(23)29-25(32)17-30(3)27(33)21-11-5-8-14-24(21)34-18-20-16-31-15-9-10-19(2)26(31)28-20/h5-16H,4,17-18H2,1-3H3. The van der Waals surface area contributed by atoms with E-state index >= 15 is 0 Å². The lowest BCUT2D eigenvalue weighted by Gasteiger charge is -2.19. The Kier molecular flexibility index (Phi) is 5.76. The van der Waals surface area contributed by atoms with Crippen LogP contribution in [0.2, 0.25) is 0 Å². The Labute approximate surface area is 198 Å². The van der Waals surface area contributed by atoms with Gasteiger partial charge in [0, 0.05) is 26.0 Å². The van der Waals surface area contributed by atoms with Gasteiger partial charge in [-0.1, -0.05) is 30.3 Å². The van der Waals surface area contributed by atoms with Gasteiger partial charge in [0.15, 0.2) is 0 Å². The predicted molar refractivity (Wildman–Crippen MR) is 132 cm³/mol. The maximum atomic E-state index is 13.4. The Bertz CT molecular complexity index is 1480. The predicted octanol–water partition coefficient (Wildman–Crippen LogP) is 4.86. The number of carbonyl (C=O) groups is 1. The topological polar surface area (TPSA) is 64.7 Å². The number of pyridine rings is 1. The number of amides is 1. The summed E-state index contributed by atoms with van der Waals surface area (Å²) in [5.41, 5.74) is 5.35. The number of nitrogens with zero attached hydrogens (tertiary/aromatic N) is 5. The Balaban J connectivity index is 1.35. The summed E-state index contributed by atoms with van der Waals surface area (Å²) in [6.45, 7) is 5.59. The van der Waals surface area contributed by atoms with Gasteiger partial charge in [-0.2, -0.15) is 0 Å². The van der Waals surface area contributed by atoms with Crippen LogP contribution in [0.25, 0.3) is 16.7 Å². The van der Waals surface area contributed by atoms with Gasteiger partial charge in [0.1, 0.15) is 23.8 Å². The van der Waals surface area contributed by atoms with Gasteiger partial charge in [-0.25, -0.2) is 9.97 Å². The molecule has 0 fully saturated rings. The van der Waals surface area contributed by atoms with E-state index in [1.165, 1.54) is 0 Å². The number of benzene rings is 2. The fraction of sp³-hybridized carbons (Fsp3) is 0.222. The van der Waals surface area contributed by atoms with Gasteiger partial charge in [-0.3, -0.25) is 4.79 Å². The molecular weight excluding hydrogens is 426 g/mol. The van der Waals surface area contributed by atoms with Crippen molar-refractivity contribution in [1.29, 1.82) is 0 Å². The van der Waals surface area contributed by atoms with Crippen molar-refractivity contribution in [3.8, 4) is 5.75 Å². The summed E-state index contributed by atoms with van der Waals surface area (Å²) < 4.78 is 10.2. The number of ether oxygens (including phenoxy) is 1. The third kappa shape index (κ3) is 4.01. The molecule has 0 aliphatic heterocycles. The number of aryl methyl sites for hydroxylation is 2. The maximum absolute atomic E-state index is 13.4. The quantitative estimate of drug-likeness (QED) is 0.353. The normalized spacial score (nSPS) is 11.3. The van der Waals surface area contributed by atoms with E-state index in [4.69, 9.17) is 9.72 Å². The second-order valence-electron chi connectivity index (χ2n) is 8.36. The van der Waals surface area contributed by atoms with E-state index < -0.39 is 0 Å². The molecule has 0 atom stereocenters. The average Bonchev–Trinajstić information content (AvgIpc) is 3.43. The summed E-state index contributed by atoms with van der Waals surface area (Å²) in [5, 5.41) is 0. The summed E-state index contributed by atoms with van der Waals surface area (Å²) in [4.78, 5) is 24.5. The van der Waals surface area contributed by atoms with Crippen LogP contribution in [-0.2, 0) is 19.7 Å². The molecule has 34 heavy (non-hydrogen) atoms. The van der Waals surface area contributed by atoms with Gasteiger partial charge < -0.3 is 18.6 Å². The molecule has 1 amide bonds. The van der Waals surface area contributed by atoms with E-state index in [0.717, 1.165) is 40.3 Å². The van der Waals surface area contributed by atoms with Crippen LogP contribution < -0.4 is 4.74 Å². The first-order valence-electron chi connectivity index (χ1n) is 11.4. The number of fused-ring (bicyclic) bond motifs is 2. The van der Waals surface area contributed by atoms with Crippen LogP contribution in [0.1, 0.15) is 34.4 Å². The van der Waals surface area contributed by atoms with Crippen LogP contribution in [0.4, 0.5) is 0 Å². The van der Waals surface area contributed by atoms with E-state index in [2.05, 4.69) is 22.5 Å². The molecule has 0 saturated heterocycles. The molecule has 5 rings (SSSR count). The SMILES string of the molecule is CCn1c(CN(C)C(=O)c2ccccc2OCc2cn3cccc(C)c3n2)nc2ccccc21. The number of carbonyl (C=O) groups excluding carboxylic acids is 1.